The van der Waals surface area contributed by atoms with Crippen LogP contribution in [0.5, 0.6) is 0 Å². The topological polar surface area (TPSA) is 40.6 Å². The third-order valence-corrected chi connectivity index (χ3v) is 4.84. The highest BCUT2D eigenvalue weighted by Gasteiger charge is 2.22. The van der Waals surface area contributed by atoms with Crippen LogP contribution in [-0.2, 0) is 9.59 Å². The first kappa shape index (κ1) is 14.9. The first-order valence-corrected chi connectivity index (χ1v) is 8.53. The van der Waals surface area contributed by atoms with E-state index in [0.29, 0.717) is 12.8 Å². The molecule has 2 fully saturated rings. The van der Waals surface area contributed by atoms with Crippen LogP contribution in [0.15, 0.2) is 48.5 Å². The van der Waals surface area contributed by atoms with E-state index < -0.39 is 0 Å². The van der Waals surface area contributed by atoms with Crippen LogP contribution in [0.2, 0.25) is 0 Å². The van der Waals surface area contributed by atoms with Gasteiger partial charge in [-0.3, -0.25) is 9.59 Å². The van der Waals surface area contributed by atoms with Crippen molar-refractivity contribution in [2.24, 2.45) is 0 Å². The monoisotopic (exact) mass is 320 g/mol. The van der Waals surface area contributed by atoms with Gasteiger partial charge in [-0.25, -0.2) is 0 Å². The summed E-state index contributed by atoms with van der Waals surface area (Å²) in [7, 11) is 0. The van der Waals surface area contributed by atoms with E-state index in [0.717, 1.165) is 48.4 Å². The van der Waals surface area contributed by atoms with Crippen LogP contribution in [0.3, 0.4) is 0 Å². The van der Waals surface area contributed by atoms with Crippen molar-refractivity contribution < 1.29 is 9.59 Å². The van der Waals surface area contributed by atoms with E-state index in [1.54, 1.807) is 0 Å². The third-order valence-electron chi connectivity index (χ3n) is 4.84. The molecule has 2 aliphatic heterocycles. The van der Waals surface area contributed by atoms with Crippen LogP contribution in [-0.4, -0.2) is 24.9 Å². The lowest BCUT2D eigenvalue weighted by Gasteiger charge is -2.17. The fourth-order valence-electron chi connectivity index (χ4n) is 3.51. The Hall–Kier alpha value is -2.62. The van der Waals surface area contributed by atoms with Crippen molar-refractivity contribution in [3.05, 3.63) is 48.5 Å². The van der Waals surface area contributed by atoms with Gasteiger partial charge in [0.15, 0.2) is 0 Å². The SMILES string of the molecule is O=C1CCCN1c1ccc(-c2ccc(N3CCCC3=O)cc2)cc1. The smallest absolute Gasteiger partial charge is 0.227 e. The molecule has 2 aliphatic rings. The highest BCUT2D eigenvalue weighted by molar-refractivity contribution is 5.96. The number of amides is 2. The molecule has 2 saturated heterocycles. The zero-order chi connectivity index (χ0) is 16.5. The van der Waals surface area contributed by atoms with Gasteiger partial charge >= 0.3 is 0 Å². The van der Waals surface area contributed by atoms with E-state index in [9.17, 15) is 9.59 Å². The first-order valence-electron chi connectivity index (χ1n) is 8.53. The summed E-state index contributed by atoms with van der Waals surface area (Å²) in [5.41, 5.74) is 4.18. The zero-order valence-electron chi connectivity index (χ0n) is 13.6. The van der Waals surface area contributed by atoms with Crippen molar-refractivity contribution in [2.45, 2.75) is 25.7 Å². The molecule has 4 heteroatoms. The van der Waals surface area contributed by atoms with E-state index in [1.807, 2.05) is 34.1 Å². The summed E-state index contributed by atoms with van der Waals surface area (Å²) in [6.45, 7) is 1.63. The molecule has 0 saturated carbocycles. The maximum absolute atomic E-state index is 11.8. The summed E-state index contributed by atoms with van der Waals surface area (Å²) < 4.78 is 0. The summed E-state index contributed by atoms with van der Waals surface area (Å²) in [5, 5.41) is 0. The maximum atomic E-state index is 11.8. The van der Waals surface area contributed by atoms with Crippen LogP contribution in [0.25, 0.3) is 11.1 Å². The number of benzene rings is 2. The fraction of sp³-hybridized carbons (Fsp3) is 0.300. The molecule has 2 aromatic rings. The molecule has 2 aromatic carbocycles. The van der Waals surface area contributed by atoms with E-state index in [-0.39, 0.29) is 11.8 Å². The second-order valence-electron chi connectivity index (χ2n) is 6.39. The zero-order valence-corrected chi connectivity index (χ0v) is 13.6. The lowest BCUT2D eigenvalue weighted by atomic mass is 10.0. The quantitative estimate of drug-likeness (QED) is 0.867. The van der Waals surface area contributed by atoms with Crippen molar-refractivity contribution in [2.75, 3.05) is 22.9 Å². The number of nitrogens with zero attached hydrogens (tertiary/aromatic N) is 2. The third kappa shape index (κ3) is 2.68. The summed E-state index contributed by atoms with van der Waals surface area (Å²) in [6, 6.07) is 16.3. The molecular formula is C20H20N2O2. The minimum Gasteiger partial charge on any atom is -0.312 e. The van der Waals surface area contributed by atoms with Crippen LogP contribution in [0, 0.1) is 0 Å². The lowest BCUT2D eigenvalue weighted by molar-refractivity contribution is -0.117. The molecule has 4 nitrogen and oxygen atoms in total. The Morgan fingerprint density at radius 2 is 0.958 bits per heavy atom. The highest BCUT2D eigenvalue weighted by Crippen LogP contribution is 2.28. The van der Waals surface area contributed by atoms with Gasteiger partial charge in [0.05, 0.1) is 0 Å². The second-order valence-corrected chi connectivity index (χ2v) is 6.39. The predicted octanol–water partition coefficient (Wildman–Crippen LogP) is 3.61. The standard InChI is InChI=1S/C20H20N2O2/c23-19-3-1-13-21(19)17-9-5-15(6-10-17)16-7-11-18(12-8-16)22-14-2-4-20(22)24/h5-12H,1-4,13-14H2. The number of anilines is 2. The van der Waals surface area contributed by atoms with Gasteiger partial charge in [0.25, 0.3) is 0 Å². The largest absolute Gasteiger partial charge is 0.312 e. The van der Waals surface area contributed by atoms with Gasteiger partial charge < -0.3 is 9.80 Å². The Labute approximate surface area is 141 Å². The normalized spacial score (nSPS) is 17.8. The molecule has 4 rings (SSSR count). The molecular weight excluding hydrogens is 300 g/mol. The number of carbonyl (C=O) groups excluding carboxylic acids is 2. The molecule has 0 atom stereocenters. The molecule has 24 heavy (non-hydrogen) atoms. The number of rotatable bonds is 3. The molecule has 0 unspecified atom stereocenters. The minimum absolute atomic E-state index is 0.211. The summed E-state index contributed by atoms with van der Waals surface area (Å²) in [6.07, 6.45) is 3.19. The van der Waals surface area contributed by atoms with Crippen molar-refractivity contribution in [1.29, 1.82) is 0 Å². The Balaban J connectivity index is 1.53. The van der Waals surface area contributed by atoms with E-state index >= 15 is 0 Å². The van der Waals surface area contributed by atoms with Gasteiger partial charge in [-0.15, -0.1) is 0 Å². The molecule has 0 bridgehead atoms. The van der Waals surface area contributed by atoms with E-state index in [2.05, 4.69) is 24.3 Å². The van der Waals surface area contributed by atoms with E-state index in [1.165, 1.54) is 0 Å². The lowest BCUT2D eigenvalue weighted by Crippen LogP contribution is -2.23. The van der Waals surface area contributed by atoms with Gasteiger partial charge in [0.1, 0.15) is 0 Å². The number of hydrogen-bond donors (Lipinski definition) is 0. The van der Waals surface area contributed by atoms with Crippen molar-refractivity contribution in [1.82, 2.24) is 0 Å². The van der Waals surface area contributed by atoms with Gasteiger partial charge in [-0.1, -0.05) is 24.3 Å². The fourth-order valence-corrected chi connectivity index (χ4v) is 3.51. The van der Waals surface area contributed by atoms with Crippen LogP contribution in [0.1, 0.15) is 25.7 Å². The Bertz CT molecular complexity index is 698. The average molecular weight is 320 g/mol. The average Bonchev–Trinajstić information content (AvgIpc) is 3.23. The number of carbonyl (C=O) groups is 2. The maximum Gasteiger partial charge on any atom is 0.227 e. The molecule has 0 aliphatic carbocycles. The molecule has 122 valence electrons. The Morgan fingerprint density at radius 3 is 1.25 bits per heavy atom. The predicted molar refractivity (Wildman–Crippen MR) is 95.1 cm³/mol. The van der Waals surface area contributed by atoms with Crippen molar-refractivity contribution in [3.63, 3.8) is 0 Å². The van der Waals surface area contributed by atoms with Crippen LogP contribution < -0.4 is 9.80 Å². The van der Waals surface area contributed by atoms with Crippen molar-refractivity contribution >= 4 is 23.2 Å². The van der Waals surface area contributed by atoms with Gasteiger partial charge in [-0.05, 0) is 48.2 Å². The summed E-state index contributed by atoms with van der Waals surface area (Å²) in [5.74, 6) is 0.421. The molecule has 0 radical (unpaired) electrons. The highest BCUT2D eigenvalue weighted by atomic mass is 16.2. The Morgan fingerprint density at radius 1 is 0.583 bits per heavy atom. The van der Waals surface area contributed by atoms with E-state index in [4.69, 9.17) is 0 Å². The first-order chi connectivity index (χ1) is 11.7. The van der Waals surface area contributed by atoms with Crippen molar-refractivity contribution in [3.8, 4) is 11.1 Å². The summed E-state index contributed by atoms with van der Waals surface area (Å²) in [4.78, 5) is 27.3. The molecule has 0 N–H and O–H groups in total. The molecule has 0 aromatic heterocycles. The van der Waals surface area contributed by atoms with Crippen LogP contribution >= 0.6 is 0 Å². The molecule has 2 heterocycles. The number of hydrogen-bond acceptors (Lipinski definition) is 2. The van der Waals surface area contributed by atoms with Gasteiger partial charge in [0.2, 0.25) is 11.8 Å². The minimum atomic E-state index is 0.211. The van der Waals surface area contributed by atoms with Gasteiger partial charge in [-0.2, -0.15) is 0 Å². The van der Waals surface area contributed by atoms with Gasteiger partial charge in [0, 0.05) is 37.3 Å². The van der Waals surface area contributed by atoms with Crippen LogP contribution in [0.4, 0.5) is 11.4 Å². The molecule has 2 amide bonds. The summed E-state index contributed by atoms with van der Waals surface area (Å²) >= 11 is 0. The second kappa shape index (κ2) is 6.11. The molecule has 0 spiro atoms. The Kier molecular flexibility index (Phi) is 3.81.